The van der Waals surface area contributed by atoms with E-state index in [-0.39, 0.29) is 17.3 Å². The summed E-state index contributed by atoms with van der Waals surface area (Å²) in [4.78, 5) is 17.3. The highest BCUT2D eigenvalue weighted by Gasteiger charge is 2.30. The van der Waals surface area contributed by atoms with Crippen molar-refractivity contribution in [3.05, 3.63) is 83.4 Å². The molecule has 0 spiro atoms. The summed E-state index contributed by atoms with van der Waals surface area (Å²) in [6, 6.07) is 21.0. The molecule has 0 unspecified atom stereocenters. The summed E-state index contributed by atoms with van der Waals surface area (Å²) in [5, 5.41) is 0.666. The van der Waals surface area contributed by atoms with E-state index in [4.69, 9.17) is 16.3 Å². The van der Waals surface area contributed by atoms with Gasteiger partial charge in [-0.2, -0.15) is 0 Å². The smallest absolute Gasteiger partial charge is 0.264 e. The van der Waals surface area contributed by atoms with Crippen LogP contribution in [0.3, 0.4) is 0 Å². The highest BCUT2D eigenvalue weighted by Crippen LogP contribution is 2.26. The lowest BCUT2D eigenvalue weighted by atomic mass is 10.2. The van der Waals surface area contributed by atoms with Gasteiger partial charge in [-0.25, -0.2) is 8.42 Å². The predicted molar refractivity (Wildman–Crippen MR) is 144 cm³/mol. The molecule has 190 valence electrons. The summed E-state index contributed by atoms with van der Waals surface area (Å²) < 4.78 is 34.0. The molecule has 0 bridgehead atoms. The van der Waals surface area contributed by atoms with Crippen molar-refractivity contribution in [3.63, 3.8) is 0 Å². The first-order valence-electron chi connectivity index (χ1n) is 11.9. The van der Waals surface area contributed by atoms with Crippen LogP contribution in [0.1, 0.15) is 12.5 Å². The van der Waals surface area contributed by atoms with Crippen LogP contribution in [-0.2, 0) is 14.8 Å². The second-order valence-electron chi connectivity index (χ2n) is 8.60. The number of amides is 1. The highest BCUT2D eigenvalue weighted by atomic mass is 35.5. The van der Waals surface area contributed by atoms with Gasteiger partial charge < -0.3 is 14.5 Å². The molecule has 36 heavy (non-hydrogen) atoms. The van der Waals surface area contributed by atoms with E-state index in [9.17, 15) is 13.2 Å². The monoisotopic (exact) mass is 527 g/mol. The molecule has 1 saturated heterocycles. The maximum atomic E-state index is 13.7. The number of piperazine rings is 1. The fourth-order valence-corrected chi connectivity index (χ4v) is 5.74. The van der Waals surface area contributed by atoms with Crippen LogP contribution in [0, 0.1) is 6.92 Å². The van der Waals surface area contributed by atoms with Gasteiger partial charge in [-0.3, -0.25) is 9.10 Å². The normalized spacial score (nSPS) is 14.0. The fourth-order valence-electron chi connectivity index (χ4n) is 4.14. The molecule has 3 aromatic carbocycles. The molecular weight excluding hydrogens is 498 g/mol. The molecule has 0 aliphatic carbocycles. The van der Waals surface area contributed by atoms with Crippen LogP contribution in [0.5, 0.6) is 5.75 Å². The van der Waals surface area contributed by atoms with Crippen LogP contribution < -0.4 is 13.9 Å². The van der Waals surface area contributed by atoms with E-state index >= 15 is 0 Å². The number of carbonyl (C=O) groups is 1. The topological polar surface area (TPSA) is 70.2 Å². The third-order valence-electron chi connectivity index (χ3n) is 6.13. The van der Waals surface area contributed by atoms with E-state index < -0.39 is 10.0 Å². The first kappa shape index (κ1) is 25.9. The van der Waals surface area contributed by atoms with Crippen LogP contribution in [0.2, 0.25) is 5.02 Å². The maximum absolute atomic E-state index is 13.7. The minimum Gasteiger partial charge on any atom is -0.494 e. The third kappa shape index (κ3) is 5.94. The Balaban J connectivity index is 1.53. The average Bonchev–Trinajstić information content (AvgIpc) is 2.88. The lowest BCUT2D eigenvalue weighted by Gasteiger charge is -2.37. The number of aryl methyl sites for hydroxylation is 1. The van der Waals surface area contributed by atoms with Crippen LogP contribution >= 0.6 is 11.6 Å². The van der Waals surface area contributed by atoms with Crippen molar-refractivity contribution >= 4 is 38.9 Å². The Morgan fingerprint density at radius 2 is 1.64 bits per heavy atom. The number of halogens is 1. The molecule has 9 heteroatoms. The van der Waals surface area contributed by atoms with E-state index in [1.54, 1.807) is 29.2 Å². The molecule has 1 fully saturated rings. The second-order valence-corrected chi connectivity index (χ2v) is 10.9. The molecule has 1 amide bonds. The molecule has 4 rings (SSSR count). The minimum absolute atomic E-state index is 0.102. The Labute approximate surface area is 217 Å². The van der Waals surface area contributed by atoms with Gasteiger partial charge in [-0.1, -0.05) is 35.4 Å². The summed E-state index contributed by atoms with van der Waals surface area (Å²) in [6.07, 6.45) is 0. The lowest BCUT2D eigenvalue weighted by molar-refractivity contribution is -0.129. The minimum atomic E-state index is -3.99. The number of benzene rings is 3. The van der Waals surface area contributed by atoms with E-state index in [1.165, 1.54) is 16.4 Å². The van der Waals surface area contributed by atoms with Crippen LogP contribution in [0.15, 0.2) is 77.7 Å². The number of hydrogen-bond acceptors (Lipinski definition) is 5. The number of anilines is 2. The Hall–Kier alpha value is -3.23. The zero-order valence-corrected chi connectivity index (χ0v) is 22.0. The molecule has 0 atom stereocenters. The zero-order valence-electron chi connectivity index (χ0n) is 20.4. The second kappa shape index (κ2) is 11.2. The largest absolute Gasteiger partial charge is 0.494 e. The van der Waals surface area contributed by atoms with Gasteiger partial charge in [-0.15, -0.1) is 0 Å². The summed E-state index contributed by atoms with van der Waals surface area (Å²) in [5.74, 6) is 0.350. The molecule has 1 heterocycles. The number of sulfonamides is 1. The maximum Gasteiger partial charge on any atom is 0.264 e. The molecule has 1 aliphatic rings. The Kier molecular flexibility index (Phi) is 8.06. The van der Waals surface area contributed by atoms with Crippen molar-refractivity contribution in [2.45, 2.75) is 18.7 Å². The van der Waals surface area contributed by atoms with E-state index in [0.29, 0.717) is 49.2 Å². The lowest BCUT2D eigenvalue weighted by Crippen LogP contribution is -2.52. The number of ether oxygens (including phenoxy) is 1. The SMILES string of the molecule is CCOc1ccc(S(=O)(=O)N(CC(=O)N2CCN(c3cccc(Cl)c3)CC2)c2ccc(C)cc2)cc1. The Morgan fingerprint density at radius 1 is 0.972 bits per heavy atom. The summed E-state index contributed by atoms with van der Waals surface area (Å²) in [7, 11) is -3.99. The van der Waals surface area contributed by atoms with Crippen molar-refractivity contribution in [3.8, 4) is 5.75 Å². The van der Waals surface area contributed by atoms with Gasteiger partial charge in [0.05, 0.1) is 17.2 Å². The van der Waals surface area contributed by atoms with Crippen LogP contribution in [0.4, 0.5) is 11.4 Å². The van der Waals surface area contributed by atoms with Crippen molar-refractivity contribution in [1.82, 2.24) is 4.90 Å². The van der Waals surface area contributed by atoms with E-state index in [0.717, 1.165) is 11.3 Å². The third-order valence-corrected chi connectivity index (χ3v) is 8.15. The predicted octanol–water partition coefficient (Wildman–Crippen LogP) is 4.59. The standard InChI is InChI=1S/C27H30ClN3O4S/c1-3-35-25-11-13-26(14-12-25)36(33,34)31(23-9-7-21(2)8-10-23)20-27(32)30-17-15-29(16-18-30)24-6-4-5-22(28)19-24/h4-14,19H,3,15-18,20H2,1-2H3. The van der Waals surface area contributed by atoms with Crippen LogP contribution in [0.25, 0.3) is 0 Å². The number of carbonyl (C=O) groups excluding carboxylic acids is 1. The molecule has 0 saturated carbocycles. The summed E-state index contributed by atoms with van der Waals surface area (Å²) in [5.41, 5.74) is 2.45. The zero-order chi connectivity index (χ0) is 25.7. The molecular formula is C27H30ClN3O4S. The first-order chi connectivity index (χ1) is 17.3. The van der Waals surface area contributed by atoms with Gasteiger partial charge >= 0.3 is 0 Å². The van der Waals surface area contributed by atoms with Gasteiger partial charge in [0, 0.05) is 36.9 Å². The molecule has 0 N–H and O–H groups in total. The molecule has 3 aromatic rings. The summed E-state index contributed by atoms with van der Waals surface area (Å²) in [6.45, 7) is 6.27. The van der Waals surface area contributed by atoms with Crippen molar-refractivity contribution < 1.29 is 17.9 Å². The number of nitrogens with zero attached hydrogens (tertiary/aromatic N) is 3. The van der Waals surface area contributed by atoms with Crippen molar-refractivity contribution in [2.24, 2.45) is 0 Å². The average molecular weight is 528 g/mol. The Morgan fingerprint density at radius 3 is 2.25 bits per heavy atom. The fraction of sp³-hybridized carbons (Fsp3) is 0.296. The molecule has 0 aromatic heterocycles. The van der Waals surface area contributed by atoms with Gasteiger partial charge in [0.25, 0.3) is 10.0 Å². The number of hydrogen-bond donors (Lipinski definition) is 0. The number of rotatable bonds is 8. The van der Waals surface area contributed by atoms with Crippen molar-refractivity contribution in [2.75, 3.05) is 48.5 Å². The van der Waals surface area contributed by atoms with Gasteiger partial charge in [-0.05, 0) is 68.4 Å². The summed E-state index contributed by atoms with van der Waals surface area (Å²) >= 11 is 6.13. The van der Waals surface area contributed by atoms with E-state index in [2.05, 4.69) is 4.90 Å². The van der Waals surface area contributed by atoms with Crippen LogP contribution in [-0.4, -0.2) is 58.6 Å². The molecule has 7 nitrogen and oxygen atoms in total. The van der Waals surface area contributed by atoms with Crippen molar-refractivity contribution in [1.29, 1.82) is 0 Å². The van der Waals surface area contributed by atoms with Gasteiger partial charge in [0.15, 0.2) is 0 Å². The van der Waals surface area contributed by atoms with E-state index in [1.807, 2.05) is 50.2 Å². The quantitative estimate of drug-likeness (QED) is 0.428. The molecule has 0 radical (unpaired) electrons. The molecule has 1 aliphatic heterocycles. The van der Waals surface area contributed by atoms with Gasteiger partial charge in [0.1, 0.15) is 12.3 Å². The van der Waals surface area contributed by atoms with Gasteiger partial charge in [0.2, 0.25) is 5.91 Å². The first-order valence-corrected chi connectivity index (χ1v) is 13.7. The highest BCUT2D eigenvalue weighted by molar-refractivity contribution is 7.92. The Bertz CT molecular complexity index is 1290.